The lowest BCUT2D eigenvalue weighted by atomic mass is 9.68. The van der Waals surface area contributed by atoms with Crippen molar-refractivity contribution >= 4 is 11.6 Å². The van der Waals surface area contributed by atoms with Crippen molar-refractivity contribution in [3.63, 3.8) is 0 Å². The Labute approximate surface area is 121 Å². The van der Waals surface area contributed by atoms with Crippen molar-refractivity contribution in [3.8, 4) is 0 Å². The highest BCUT2D eigenvalue weighted by Crippen LogP contribution is 2.40. The van der Waals surface area contributed by atoms with Gasteiger partial charge < -0.3 is 11.1 Å². The van der Waals surface area contributed by atoms with E-state index in [1.165, 1.54) is 6.42 Å². The minimum Gasteiger partial charge on any atom is -0.399 e. The fourth-order valence-electron chi connectivity index (χ4n) is 3.16. The molecule has 2 rings (SSSR count). The zero-order valence-corrected chi connectivity index (χ0v) is 12.8. The Morgan fingerprint density at radius 3 is 2.55 bits per heavy atom. The first-order chi connectivity index (χ1) is 9.40. The van der Waals surface area contributed by atoms with Gasteiger partial charge in [-0.25, -0.2) is 0 Å². The van der Waals surface area contributed by atoms with Gasteiger partial charge in [0, 0.05) is 11.6 Å². The number of nitrogen functional groups attached to an aromatic ring is 1. The van der Waals surface area contributed by atoms with E-state index in [9.17, 15) is 4.79 Å². The van der Waals surface area contributed by atoms with Crippen LogP contribution in [0.15, 0.2) is 24.3 Å². The first-order valence-electron chi connectivity index (χ1n) is 7.56. The van der Waals surface area contributed by atoms with Gasteiger partial charge in [-0.1, -0.05) is 38.8 Å². The largest absolute Gasteiger partial charge is 0.399 e. The quantitative estimate of drug-likeness (QED) is 0.826. The molecule has 0 saturated heterocycles. The van der Waals surface area contributed by atoms with Gasteiger partial charge in [0.1, 0.15) is 0 Å². The third-order valence-corrected chi connectivity index (χ3v) is 4.62. The lowest BCUT2D eigenvalue weighted by molar-refractivity contribution is -0.130. The van der Waals surface area contributed by atoms with E-state index in [0.717, 1.165) is 30.5 Å². The SMILES string of the molecule is CC(NC(=O)C1CCCCC1(C)C)c1ccc(N)cc1. The van der Waals surface area contributed by atoms with Gasteiger partial charge in [0.2, 0.25) is 5.91 Å². The summed E-state index contributed by atoms with van der Waals surface area (Å²) >= 11 is 0. The van der Waals surface area contributed by atoms with Crippen molar-refractivity contribution in [2.24, 2.45) is 11.3 Å². The van der Waals surface area contributed by atoms with Crippen molar-refractivity contribution in [1.82, 2.24) is 5.32 Å². The molecule has 0 radical (unpaired) electrons. The normalized spacial score (nSPS) is 23.1. The van der Waals surface area contributed by atoms with E-state index >= 15 is 0 Å². The third-order valence-electron chi connectivity index (χ3n) is 4.62. The summed E-state index contributed by atoms with van der Waals surface area (Å²) in [5.41, 5.74) is 7.66. The van der Waals surface area contributed by atoms with E-state index in [-0.39, 0.29) is 23.3 Å². The Kier molecular flexibility index (Phi) is 4.36. The van der Waals surface area contributed by atoms with E-state index in [4.69, 9.17) is 5.73 Å². The molecule has 1 amide bonds. The number of carbonyl (C=O) groups excluding carboxylic acids is 1. The van der Waals surface area contributed by atoms with Crippen LogP contribution in [0.3, 0.4) is 0 Å². The summed E-state index contributed by atoms with van der Waals surface area (Å²) in [5, 5.41) is 3.16. The average Bonchev–Trinajstić information content (AvgIpc) is 2.38. The molecule has 2 unspecified atom stereocenters. The minimum absolute atomic E-state index is 0.0285. The highest BCUT2D eigenvalue weighted by Gasteiger charge is 2.37. The molecule has 110 valence electrons. The van der Waals surface area contributed by atoms with E-state index < -0.39 is 0 Å². The van der Waals surface area contributed by atoms with Crippen LogP contribution < -0.4 is 11.1 Å². The number of hydrogen-bond acceptors (Lipinski definition) is 2. The van der Waals surface area contributed by atoms with Crippen LogP contribution in [0.4, 0.5) is 5.69 Å². The van der Waals surface area contributed by atoms with Crippen LogP contribution in [-0.4, -0.2) is 5.91 Å². The lowest BCUT2D eigenvalue weighted by Crippen LogP contribution is -2.41. The number of benzene rings is 1. The predicted molar refractivity (Wildman–Crippen MR) is 83.2 cm³/mol. The molecule has 0 spiro atoms. The molecule has 1 fully saturated rings. The average molecular weight is 274 g/mol. The van der Waals surface area contributed by atoms with Gasteiger partial charge >= 0.3 is 0 Å². The van der Waals surface area contributed by atoms with Crippen LogP contribution in [0, 0.1) is 11.3 Å². The van der Waals surface area contributed by atoms with Crippen molar-refractivity contribution < 1.29 is 4.79 Å². The Hall–Kier alpha value is -1.51. The molecule has 0 bridgehead atoms. The number of hydrogen-bond donors (Lipinski definition) is 2. The molecule has 20 heavy (non-hydrogen) atoms. The Morgan fingerprint density at radius 1 is 1.30 bits per heavy atom. The predicted octanol–water partition coefficient (Wildman–Crippen LogP) is 3.66. The Morgan fingerprint density at radius 2 is 1.95 bits per heavy atom. The standard InChI is InChI=1S/C17H26N2O/c1-12(13-7-9-14(18)10-8-13)19-16(20)15-6-4-5-11-17(15,2)3/h7-10,12,15H,4-6,11,18H2,1-3H3,(H,19,20). The number of nitrogens with two attached hydrogens (primary N) is 1. The topological polar surface area (TPSA) is 55.1 Å². The Bertz CT molecular complexity index is 464. The molecule has 1 aromatic carbocycles. The van der Waals surface area contributed by atoms with Crippen LogP contribution in [0.1, 0.15) is 58.1 Å². The molecular weight excluding hydrogens is 248 g/mol. The van der Waals surface area contributed by atoms with Crippen molar-refractivity contribution in [2.45, 2.75) is 52.5 Å². The van der Waals surface area contributed by atoms with E-state index in [1.807, 2.05) is 31.2 Å². The number of nitrogens with one attached hydrogen (secondary N) is 1. The molecule has 3 nitrogen and oxygen atoms in total. The summed E-state index contributed by atoms with van der Waals surface area (Å²) in [5.74, 6) is 0.325. The van der Waals surface area contributed by atoms with Gasteiger partial charge in [-0.05, 0) is 42.9 Å². The first kappa shape index (κ1) is 14.9. The fourth-order valence-corrected chi connectivity index (χ4v) is 3.16. The maximum atomic E-state index is 12.5. The lowest BCUT2D eigenvalue weighted by Gasteiger charge is -2.38. The van der Waals surface area contributed by atoms with Crippen molar-refractivity contribution in [2.75, 3.05) is 5.73 Å². The van der Waals surface area contributed by atoms with Crippen molar-refractivity contribution in [3.05, 3.63) is 29.8 Å². The summed E-state index contributed by atoms with van der Waals surface area (Å²) in [6, 6.07) is 7.74. The van der Waals surface area contributed by atoms with Gasteiger partial charge in [-0.15, -0.1) is 0 Å². The van der Waals surface area contributed by atoms with E-state index in [2.05, 4.69) is 19.2 Å². The van der Waals surface area contributed by atoms with E-state index in [0.29, 0.717) is 0 Å². The number of anilines is 1. The van der Waals surface area contributed by atoms with Gasteiger partial charge in [0.25, 0.3) is 0 Å². The molecule has 1 saturated carbocycles. The maximum absolute atomic E-state index is 12.5. The number of carbonyl (C=O) groups is 1. The smallest absolute Gasteiger partial charge is 0.224 e. The van der Waals surface area contributed by atoms with Gasteiger partial charge in [-0.3, -0.25) is 4.79 Å². The van der Waals surface area contributed by atoms with Crippen LogP contribution in [0.25, 0.3) is 0 Å². The molecule has 2 atom stereocenters. The molecule has 0 heterocycles. The number of amides is 1. The van der Waals surface area contributed by atoms with Crippen molar-refractivity contribution in [1.29, 1.82) is 0 Å². The molecule has 1 aliphatic carbocycles. The summed E-state index contributed by atoms with van der Waals surface area (Å²) < 4.78 is 0. The molecule has 1 aliphatic rings. The molecule has 1 aromatic rings. The summed E-state index contributed by atoms with van der Waals surface area (Å²) in [4.78, 5) is 12.5. The summed E-state index contributed by atoms with van der Waals surface area (Å²) in [6.07, 6.45) is 4.55. The minimum atomic E-state index is 0.0285. The molecular formula is C17H26N2O. The molecule has 3 heteroatoms. The zero-order chi connectivity index (χ0) is 14.8. The first-order valence-corrected chi connectivity index (χ1v) is 7.56. The number of rotatable bonds is 3. The molecule has 3 N–H and O–H groups in total. The summed E-state index contributed by atoms with van der Waals surface area (Å²) in [7, 11) is 0. The fraction of sp³-hybridized carbons (Fsp3) is 0.588. The second-order valence-corrected chi connectivity index (χ2v) is 6.68. The maximum Gasteiger partial charge on any atom is 0.224 e. The summed E-state index contributed by atoms with van der Waals surface area (Å²) in [6.45, 7) is 6.45. The second-order valence-electron chi connectivity index (χ2n) is 6.68. The molecule has 0 aromatic heterocycles. The van der Waals surface area contributed by atoms with Gasteiger partial charge in [-0.2, -0.15) is 0 Å². The van der Waals surface area contributed by atoms with Crippen LogP contribution in [0.5, 0.6) is 0 Å². The Balaban J connectivity index is 2.01. The van der Waals surface area contributed by atoms with Crippen LogP contribution in [-0.2, 0) is 4.79 Å². The van der Waals surface area contributed by atoms with Crippen LogP contribution >= 0.6 is 0 Å². The highest BCUT2D eigenvalue weighted by atomic mass is 16.2. The second kappa shape index (κ2) is 5.86. The monoisotopic (exact) mass is 274 g/mol. The zero-order valence-electron chi connectivity index (χ0n) is 12.8. The van der Waals surface area contributed by atoms with Crippen LogP contribution in [0.2, 0.25) is 0 Å². The third kappa shape index (κ3) is 3.33. The van der Waals surface area contributed by atoms with Gasteiger partial charge in [0.15, 0.2) is 0 Å². The van der Waals surface area contributed by atoms with Gasteiger partial charge in [0.05, 0.1) is 6.04 Å². The molecule has 0 aliphatic heterocycles. The highest BCUT2D eigenvalue weighted by molar-refractivity contribution is 5.80. The van der Waals surface area contributed by atoms with E-state index in [1.54, 1.807) is 0 Å².